The van der Waals surface area contributed by atoms with Crippen molar-refractivity contribution in [1.29, 1.82) is 0 Å². The van der Waals surface area contributed by atoms with Gasteiger partial charge in [0.2, 0.25) is 10.0 Å². The van der Waals surface area contributed by atoms with Gasteiger partial charge in [-0.05, 0) is 13.3 Å². The fraction of sp³-hybridized carbons (Fsp3) is 0.455. The minimum absolute atomic E-state index is 0.0416. The number of rotatable bonds is 7. The summed E-state index contributed by atoms with van der Waals surface area (Å²) < 4.78 is 28.2. The van der Waals surface area contributed by atoms with Crippen molar-refractivity contribution in [1.82, 2.24) is 24.7 Å². The zero-order valence-electron chi connectivity index (χ0n) is 11.1. The van der Waals surface area contributed by atoms with Crippen molar-refractivity contribution in [3.8, 4) is 0 Å². The minimum Gasteiger partial charge on any atom is -0.396 e. The molecule has 0 atom stereocenters. The molecular weight excluding hydrogens is 282 g/mol. The zero-order valence-corrected chi connectivity index (χ0v) is 11.9. The number of hydrogen-bond donors (Lipinski definition) is 3. The Morgan fingerprint density at radius 2 is 2.25 bits per heavy atom. The molecule has 9 heteroatoms. The molecule has 0 amide bonds. The van der Waals surface area contributed by atoms with Gasteiger partial charge in [0.05, 0.1) is 12.4 Å². The fourth-order valence-electron chi connectivity index (χ4n) is 1.65. The average molecular weight is 299 g/mol. The Morgan fingerprint density at radius 3 is 2.90 bits per heavy atom. The van der Waals surface area contributed by atoms with Crippen molar-refractivity contribution in [3.05, 3.63) is 29.8 Å². The van der Waals surface area contributed by atoms with Crippen LogP contribution < -0.4 is 4.72 Å². The molecule has 110 valence electrons. The van der Waals surface area contributed by atoms with Crippen molar-refractivity contribution in [2.45, 2.75) is 31.3 Å². The van der Waals surface area contributed by atoms with Crippen molar-refractivity contribution in [2.75, 3.05) is 6.61 Å². The van der Waals surface area contributed by atoms with Crippen LogP contribution >= 0.6 is 0 Å². The molecule has 0 radical (unpaired) electrons. The molecule has 0 aliphatic heterocycles. The van der Waals surface area contributed by atoms with Gasteiger partial charge < -0.3 is 5.11 Å². The summed E-state index contributed by atoms with van der Waals surface area (Å²) in [4.78, 5) is 0.108. The number of H-pyrrole nitrogens is 1. The molecule has 0 unspecified atom stereocenters. The number of hydrogen-bond acceptors (Lipinski definition) is 5. The number of aliphatic hydroxyl groups is 1. The summed E-state index contributed by atoms with van der Waals surface area (Å²) in [6.45, 7) is 2.52. The molecule has 8 nitrogen and oxygen atoms in total. The summed E-state index contributed by atoms with van der Waals surface area (Å²) in [5.41, 5.74) is 1.62. The van der Waals surface area contributed by atoms with Crippen LogP contribution in [0.2, 0.25) is 0 Å². The van der Waals surface area contributed by atoms with Crippen LogP contribution in [0.1, 0.15) is 17.7 Å². The third-order valence-corrected chi connectivity index (χ3v) is 4.21. The maximum atomic E-state index is 12.1. The van der Waals surface area contributed by atoms with Crippen molar-refractivity contribution in [2.24, 2.45) is 0 Å². The SMILES string of the molecule is Cc1[nH]ncc1CNS(=O)(=O)c1cnn(CCCO)c1. The normalized spacial score (nSPS) is 11.9. The van der Waals surface area contributed by atoms with E-state index < -0.39 is 10.0 Å². The van der Waals surface area contributed by atoms with Crippen molar-refractivity contribution < 1.29 is 13.5 Å². The topological polar surface area (TPSA) is 113 Å². The van der Waals surface area contributed by atoms with Crippen LogP contribution in [-0.2, 0) is 23.1 Å². The smallest absolute Gasteiger partial charge is 0.243 e. The molecule has 2 aromatic rings. The quantitative estimate of drug-likeness (QED) is 0.654. The van der Waals surface area contributed by atoms with Crippen molar-refractivity contribution in [3.63, 3.8) is 0 Å². The summed E-state index contributed by atoms with van der Waals surface area (Å²) >= 11 is 0. The second-order valence-electron chi connectivity index (χ2n) is 4.36. The minimum atomic E-state index is -3.59. The molecule has 0 spiro atoms. The number of aromatic nitrogens is 4. The van der Waals surface area contributed by atoms with Crippen LogP contribution in [0.25, 0.3) is 0 Å². The van der Waals surface area contributed by atoms with E-state index >= 15 is 0 Å². The van der Waals surface area contributed by atoms with E-state index in [4.69, 9.17) is 5.11 Å². The number of aryl methyl sites for hydroxylation is 2. The number of sulfonamides is 1. The van der Waals surface area contributed by atoms with Gasteiger partial charge in [-0.3, -0.25) is 9.78 Å². The van der Waals surface area contributed by atoms with Crippen LogP contribution in [0, 0.1) is 6.92 Å². The van der Waals surface area contributed by atoms with E-state index in [9.17, 15) is 8.42 Å². The maximum Gasteiger partial charge on any atom is 0.243 e. The van der Waals surface area contributed by atoms with Gasteiger partial charge in [0.1, 0.15) is 4.90 Å². The van der Waals surface area contributed by atoms with E-state index in [0.29, 0.717) is 13.0 Å². The second kappa shape index (κ2) is 6.16. The summed E-state index contributed by atoms with van der Waals surface area (Å²) in [5.74, 6) is 0. The first-order chi connectivity index (χ1) is 9.53. The lowest BCUT2D eigenvalue weighted by molar-refractivity contribution is 0.277. The van der Waals surface area contributed by atoms with Gasteiger partial charge in [0, 0.05) is 37.2 Å². The molecule has 0 saturated carbocycles. The molecule has 2 aromatic heterocycles. The maximum absolute atomic E-state index is 12.1. The molecule has 0 bridgehead atoms. The Bertz CT molecular complexity index is 661. The number of aliphatic hydroxyl groups excluding tert-OH is 1. The van der Waals surface area contributed by atoms with Gasteiger partial charge in [-0.15, -0.1) is 0 Å². The highest BCUT2D eigenvalue weighted by Gasteiger charge is 2.16. The summed E-state index contributed by atoms with van der Waals surface area (Å²) in [6, 6.07) is 0. The third-order valence-electron chi connectivity index (χ3n) is 2.85. The summed E-state index contributed by atoms with van der Waals surface area (Å²) in [7, 11) is -3.59. The summed E-state index contributed by atoms with van der Waals surface area (Å²) in [5, 5.41) is 19.3. The number of nitrogens with zero attached hydrogens (tertiary/aromatic N) is 3. The number of nitrogens with one attached hydrogen (secondary N) is 2. The molecule has 0 saturated heterocycles. The molecule has 0 aliphatic rings. The first-order valence-electron chi connectivity index (χ1n) is 6.15. The number of aromatic amines is 1. The molecule has 3 N–H and O–H groups in total. The lowest BCUT2D eigenvalue weighted by Gasteiger charge is -2.03. The second-order valence-corrected chi connectivity index (χ2v) is 6.13. The van der Waals surface area contributed by atoms with E-state index in [1.165, 1.54) is 17.1 Å². The lowest BCUT2D eigenvalue weighted by atomic mass is 10.3. The Morgan fingerprint density at radius 1 is 1.45 bits per heavy atom. The van der Waals surface area contributed by atoms with E-state index in [0.717, 1.165) is 11.3 Å². The Hall–Kier alpha value is -1.71. The highest BCUT2D eigenvalue weighted by Crippen LogP contribution is 2.09. The van der Waals surface area contributed by atoms with Gasteiger partial charge >= 0.3 is 0 Å². The van der Waals surface area contributed by atoms with Crippen LogP contribution in [0.5, 0.6) is 0 Å². The highest BCUT2D eigenvalue weighted by molar-refractivity contribution is 7.89. The molecule has 0 aliphatic carbocycles. The van der Waals surface area contributed by atoms with Gasteiger partial charge in [-0.25, -0.2) is 13.1 Å². The monoisotopic (exact) mass is 299 g/mol. The Kier molecular flexibility index (Phi) is 4.53. The van der Waals surface area contributed by atoms with Gasteiger partial charge in [0.25, 0.3) is 0 Å². The van der Waals surface area contributed by atoms with E-state index in [2.05, 4.69) is 20.0 Å². The first-order valence-corrected chi connectivity index (χ1v) is 7.63. The molecule has 20 heavy (non-hydrogen) atoms. The summed E-state index contributed by atoms with van der Waals surface area (Å²) in [6.07, 6.45) is 4.85. The van der Waals surface area contributed by atoms with E-state index in [1.54, 1.807) is 6.20 Å². The van der Waals surface area contributed by atoms with Gasteiger partial charge in [-0.1, -0.05) is 0 Å². The highest BCUT2D eigenvalue weighted by atomic mass is 32.2. The van der Waals surface area contributed by atoms with Crippen LogP contribution in [0.4, 0.5) is 0 Å². The van der Waals surface area contributed by atoms with Gasteiger partial charge in [-0.2, -0.15) is 10.2 Å². The predicted molar refractivity (Wildman–Crippen MR) is 71.3 cm³/mol. The first kappa shape index (κ1) is 14.7. The van der Waals surface area contributed by atoms with Crippen molar-refractivity contribution >= 4 is 10.0 Å². The van der Waals surface area contributed by atoms with Crippen LogP contribution in [0.3, 0.4) is 0 Å². The Balaban J connectivity index is 2.03. The molecule has 2 rings (SSSR count). The van der Waals surface area contributed by atoms with E-state index in [-0.39, 0.29) is 18.0 Å². The van der Waals surface area contributed by atoms with E-state index in [1.807, 2.05) is 6.92 Å². The molecular formula is C11H17N5O3S. The Labute approximate surface area is 116 Å². The lowest BCUT2D eigenvalue weighted by Crippen LogP contribution is -2.23. The van der Waals surface area contributed by atoms with Crippen LogP contribution in [-0.4, -0.2) is 40.1 Å². The predicted octanol–water partition coefficient (Wildman–Crippen LogP) is -0.224. The molecule has 2 heterocycles. The van der Waals surface area contributed by atoms with Crippen LogP contribution in [0.15, 0.2) is 23.5 Å². The fourth-order valence-corrected chi connectivity index (χ4v) is 2.61. The average Bonchev–Trinajstić information content (AvgIpc) is 3.03. The van der Waals surface area contributed by atoms with Gasteiger partial charge in [0.15, 0.2) is 0 Å². The molecule has 0 aromatic carbocycles. The largest absolute Gasteiger partial charge is 0.396 e. The zero-order chi connectivity index (χ0) is 14.6. The standard InChI is InChI=1S/C11H17N5O3S/c1-9-10(5-12-15-9)6-14-20(18,19)11-7-13-16(8-11)3-2-4-17/h5,7-8,14,17H,2-4,6H2,1H3,(H,12,15). The third kappa shape index (κ3) is 3.44. The molecule has 0 fully saturated rings.